The van der Waals surface area contributed by atoms with Gasteiger partial charge in [-0.3, -0.25) is 4.90 Å². The van der Waals surface area contributed by atoms with Gasteiger partial charge in [0.05, 0.1) is 0 Å². The van der Waals surface area contributed by atoms with Gasteiger partial charge in [-0.1, -0.05) is 0 Å². The summed E-state index contributed by atoms with van der Waals surface area (Å²) < 4.78 is 0. The Balaban J connectivity index is 1.41. The molecule has 0 radical (unpaired) electrons. The summed E-state index contributed by atoms with van der Waals surface area (Å²) in [5, 5.41) is 3.18. The number of piperidine rings is 1. The largest absolute Gasteiger partial charge is 0.388 e. The highest BCUT2D eigenvalue weighted by atomic mass is 15.4. The Kier molecular flexibility index (Phi) is 2.89. The van der Waals surface area contributed by atoms with Crippen molar-refractivity contribution in [2.45, 2.75) is 24.5 Å². The summed E-state index contributed by atoms with van der Waals surface area (Å²) in [6, 6.07) is 11.3. The molecule has 1 aromatic carbocycles. The smallest absolute Gasteiger partial charge is 0.0368 e. The number of likely N-dealkylation sites (N-methyl/N-ethyl adjacent to an activating group) is 1. The van der Waals surface area contributed by atoms with Crippen LogP contribution in [0.4, 0.5) is 11.4 Å². The van der Waals surface area contributed by atoms with Crippen molar-refractivity contribution in [3.8, 4) is 0 Å². The zero-order chi connectivity index (χ0) is 13.7. The molecule has 0 saturated carbocycles. The predicted octanol–water partition coefficient (Wildman–Crippen LogP) is 1.31. The maximum Gasteiger partial charge on any atom is 0.0368 e. The molecule has 0 amide bonds. The molecule has 4 aliphatic heterocycles. The first-order valence-corrected chi connectivity index (χ1v) is 7.73. The fourth-order valence-electron chi connectivity index (χ4n) is 4.14. The van der Waals surface area contributed by atoms with Crippen molar-refractivity contribution in [3.63, 3.8) is 0 Å². The Morgan fingerprint density at radius 3 is 2.15 bits per heavy atom. The van der Waals surface area contributed by atoms with Gasteiger partial charge in [0, 0.05) is 62.7 Å². The van der Waals surface area contributed by atoms with E-state index in [4.69, 9.17) is 0 Å². The van der Waals surface area contributed by atoms with Crippen molar-refractivity contribution < 1.29 is 0 Å². The quantitative estimate of drug-likeness (QED) is 0.895. The summed E-state index contributed by atoms with van der Waals surface area (Å²) in [6.07, 6.45) is 1.41. The van der Waals surface area contributed by atoms with Gasteiger partial charge < -0.3 is 15.1 Å². The number of hydrogen-bond acceptors (Lipinski definition) is 4. The summed E-state index contributed by atoms with van der Waals surface area (Å²) in [5.41, 5.74) is 2.57. The molecule has 4 heterocycles. The summed E-state index contributed by atoms with van der Waals surface area (Å²) in [7, 11) is 4.19. The number of hydrogen-bond donors (Lipinski definition) is 1. The van der Waals surface area contributed by atoms with Crippen LogP contribution in [0.2, 0.25) is 0 Å². The van der Waals surface area contributed by atoms with Crippen LogP contribution in [-0.4, -0.2) is 68.2 Å². The maximum absolute atomic E-state index is 3.18. The van der Waals surface area contributed by atoms with E-state index in [1.165, 1.54) is 44.0 Å². The van der Waals surface area contributed by atoms with Crippen LogP contribution in [0, 0.1) is 0 Å². The fraction of sp³-hybridized carbons (Fsp3) is 0.625. The zero-order valence-corrected chi connectivity index (χ0v) is 12.4. The Morgan fingerprint density at radius 2 is 1.60 bits per heavy atom. The van der Waals surface area contributed by atoms with E-state index in [1.807, 2.05) is 7.05 Å². The number of likely N-dealkylation sites (tertiary alicyclic amines) is 1. The van der Waals surface area contributed by atoms with Gasteiger partial charge >= 0.3 is 0 Å². The minimum Gasteiger partial charge on any atom is -0.388 e. The van der Waals surface area contributed by atoms with Crippen LogP contribution in [0.1, 0.15) is 6.42 Å². The van der Waals surface area contributed by atoms with E-state index in [2.05, 4.69) is 51.3 Å². The number of anilines is 2. The minimum absolute atomic E-state index is 0.788. The van der Waals surface area contributed by atoms with Crippen molar-refractivity contribution >= 4 is 11.4 Å². The van der Waals surface area contributed by atoms with Crippen LogP contribution in [0.3, 0.4) is 0 Å². The van der Waals surface area contributed by atoms with Crippen LogP contribution in [0.15, 0.2) is 24.3 Å². The van der Waals surface area contributed by atoms with E-state index in [0.29, 0.717) is 0 Å². The molecule has 0 aromatic heterocycles. The number of nitrogens with one attached hydrogen (secondary N) is 1. The molecule has 0 aliphatic carbocycles. The van der Waals surface area contributed by atoms with E-state index in [1.54, 1.807) is 0 Å². The fourth-order valence-corrected chi connectivity index (χ4v) is 4.14. The van der Waals surface area contributed by atoms with Gasteiger partial charge in [0.2, 0.25) is 0 Å². The average molecular weight is 272 g/mol. The molecule has 5 rings (SSSR count). The van der Waals surface area contributed by atoms with Gasteiger partial charge in [-0.15, -0.1) is 0 Å². The van der Waals surface area contributed by atoms with Gasteiger partial charge in [-0.25, -0.2) is 0 Å². The summed E-state index contributed by atoms with van der Waals surface area (Å²) in [6.45, 7) is 4.94. The normalized spacial score (nSPS) is 30.8. The first-order valence-electron chi connectivity index (χ1n) is 7.73. The number of nitrogens with zero attached hydrogens (tertiary/aromatic N) is 3. The Hall–Kier alpha value is -1.26. The van der Waals surface area contributed by atoms with Crippen molar-refractivity contribution in [2.24, 2.45) is 0 Å². The molecule has 1 N–H and O–H groups in total. The Bertz CT molecular complexity index is 468. The molecular weight excluding hydrogens is 248 g/mol. The first kappa shape index (κ1) is 12.5. The zero-order valence-electron chi connectivity index (χ0n) is 12.4. The second-order valence-electron chi connectivity index (χ2n) is 6.57. The number of piperazine rings is 1. The van der Waals surface area contributed by atoms with Crippen LogP contribution in [-0.2, 0) is 0 Å². The predicted molar refractivity (Wildman–Crippen MR) is 83.5 cm³/mol. The van der Waals surface area contributed by atoms with Gasteiger partial charge in [-0.2, -0.15) is 0 Å². The van der Waals surface area contributed by atoms with Gasteiger partial charge in [-0.05, 0) is 37.7 Å². The molecular formula is C16H24N4. The third-order valence-corrected chi connectivity index (χ3v) is 5.24. The van der Waals surface area contributed by atoms with E-state index < -0.39 is 0 Å². The molecule has 108 valence electrons. The number of rotatable bonds is 3. The van der Waals surface area contributed by atoms with Crippen LogP contribution in [0.5, 0.6) is 0 Å². The first-order chi connectivity index (χ1) is 9.74. The van der Waals surface area contributed by atoms with Crippen molar-refractivity contribution in [2.75, 3.05) is 50.5 Å². The number of fused-ring (bicyclic) bond motifs is 2. The Labute approximate surface area is 121 Å². The lowest BCUT2D eigenvalue weighted by Gasteiger charge is -2.62. The third-order valence-electron chi connectivity index (χ3n) is 5.24. The SMILES string of the molecule is CNc1ccc(N2CC3CC(C2)N3C2CN(C)C2)cc1. The molecule has 4 heteroatoms. The molecule has 2 atom stereocenters. The summed E-state index contributed by atoms with van der Waals surface area (Å²) in [4.78, 5) is 7.78. The molecule has 1 aromatic rings. The topological polar surface area (TPSA) is 21.8 Å². The maximum atomic E-state index is 3.18. The lowest BCUT2D eigenvalue weighted by atomic mass is 9.83. The molecule has 2 unspecified atom stereocenters. The number of benzene rings is 1. The van der Waals surface area contributed by atoms with Crippen molar-refractivity contribution in [1.82, 2.24) is 9.80 Å². The van der Waals surface area contributed by atoms with Crippen molar-refractivity contribution in [3.05, 3.63) is 24.3 Å². The molecule has 4 aliphatic rings. The second-order valence-corrected chi connectivity index (χ2v) is 6.57. The average Bonchev–Trinajstić information content (AvgIpc) is 2.46. The van der Waals surface area contributed by atoms with Crippen LogP contribution in [0.25, 0.3) is 0 Å². The van der Waals surface area contributed by atoms with Crippen LogP contribution < -0.4 is 10.2 Å². The Morgan fingerprint density at radius 1 is 0.950 bits per heavy atom. The monoisotopic (exact) mass is 272 g/mol. The molecule has 4 nitrogen and oxygen atoms in total. The molecule has 4 fully saturated rings. The molecule has 4 saturated heterocycles. The highest BCUT2D eigenvalue weighted by molar-refractivity contribution is 5.55. The summed E-state index contributed by atoms with van der Waals surface area (Å²) >= 11 is 0. The molecule has 0 spiro atoms. The van der Waals surface area contributed by atoms with E-state index >= 15 is 0 Å². The third kappa shape index (κ3) is 1.90. The van der Waals surface area contributed by atoms with Crippen LogP contribution >= 0.6 is 0 Å². The molecule has 20 heavy (non-hydrogen) atoms. The highest BCUT2D eigenvalue weighted by Crippen LogP contribution is 2.38. The standard InChI is InChI=1S/C16H24N4/c1-17-12-3-5-13(6-4-12)19-10-14-7-15(11-19)20(14)16-8-18(2)9-16/h3-6,14-17H,7-11H2,1-2H3. The van der Waals surface area contributed by atoms with Gasteiger partial charge in [0.25, 0.3) is 0 Å². The lowest BCUT2D eigenvalue weighted by Crippen LogP contribution is -2.76. The highest BCUT2D eigenvalue weighted by Gasteiger charge is 2.49. The summed E-state index contributed by atoms with van der Waals surface area (Å²) in [5.74, 6) is 0. The van der Waals surface area contributed by atoms with E-state index in [-0.39, 0.29) is 0 Å². The lowest BCUT2D eigenvalue weighted by molar-refractivity contribution is -0.0853. The second kappa shape index (κ2) is 4.64. The van der Waals surface area contributed by atoms with Crippen molar-refractivity contribution in [1.29, 1.82) is 0 Å². The van der Waals surface area contributed by atoms with E-state index in [0.717, 1.165) is 18.1 Å². The van der Waals surface area contributed by atoms with Gasteiger partial charge in [0.15, 0.2) is 0 Å². The molecule has 2 bridgehead atoms. The minimum atomic E-state index is 0.788. The van der Waals surface area contributed by atoms with Gasteiger partial charge in [0.1, 0.15) is 0 Å². The van der Waals surface area contributed by atoms with E-state index in [9.17, 15) is 0 Å².